The normalized spacial score (nSPS) is 12.0. The van der Waals surface area contributed by atoms with Crippen LogP contribution in [0, 0.1) is 0 Å². The lowest BCUT2D eigenvalue weighted by Gasteiger charge is -2.25. The maximum atomic E-state index is 12.8. The summed E-state index contributed by atoms with van der Waals surface area (Å²) in [5, 5.41) is 10.0. The fourth-order valence-electron chi connectivity index (χ4n) is 3.21. The molecule has 1 heterocycles. The van der Waals surface area contributed by atoms with Gasteiger partial charge in [-0.25, -0.2) is 0 Å². The molecule has 1 amide bonds. The van der Waals surface area contributed by atoms with Crippen molar-refractivity contribution >= 4 is 29.3 Å². The Morgan fingerprint density at radius 2 is 1.87 bits per heavy atom. The van der Waals surface area contributed by atoms with E-state index < -0.39 is 0 Å². The minimum atomic E-state index is -0.00689. The smallest absolute Gasteiger partial charge is 0.233 e. The standard InChI is InChI=1S/C23H27ClN4O2S/c1-17(18-10-5-4-6-11-18)27(2)21(29)16-31-23-26-25-22(28(23)14-9-15-30-3)19-12-7-8-13-20(19)24/h4-8,10-13,17H,9,14-16H2,1-3H3. The second-order valence-corrected chi connectivity index (χ2v) is 8.51. The number of amides is 1. The van der Waals surface area contributed by atoms with Gasteiger partial charge in [0.05, 0.1) is 16.8 Å². The predicted molar refractivity (Wildman–Crippen MR) is 125 cm³/mol. The van der Waals surface area contributed by atoms with E-state index in [1.54, 1.807) is 12.0 Å². The van der Waals surface area contributed by atoms with Crippen molar-refractivity contribution in [2.45, 2.75) is 31.1 Å². The highest BCUT2D eigenvalue weighted by atomic mass is 35.5. The molecule has 0 saturated heterocycles. The molecular weight excluding hydrogens is 432 g/mol. The van der Waals surface area contributed by atoms with Gasteiger partial charge in [-0.1, -0.05) is 65.8 Å². The average molecular weight is 459 g/mol. The van der Waals surface area contributed by atoms with Crippen LogP contribution in [0.4, 0.5) is 0 Å². The fraction of sp³-hybridized carbons (Fsp3) is 0.348. The zero-order chi connectivity index (χ0) is 22.2. The van der Waals surface area contributed by atoms with Gasteiger partial charge in [-0.05, 0) is 31.0 Å². The zero-order valence-electron chi connectivity index (χ0n) is 18.0. The van der Waals surface area contributed by atoms with E-state index in [-0.39, 0.29) is 17.7 Å². The first-order valence-electron chi connectivity index (χ1n) is 10.1. The minimum absolute atomic E-state index is 0.00689. The molecular formula is C23H27ClN4O2S. The quantitative estimate of drug-likeness (QED) is 0.318. The maximum absolute atomic E-state index is 12.8. The second kappa shape index (κ2) is 11.3. The number of carbonyl (C=O) groups is 1. The van der Waals surface area contributed by atoms with Gasteiger partial charge in [0.15, 0.2) is 11.0 Å². The molecule has 3 rings (SSSR count). The van der Waals surface area contributed by atoms with Crippen molar-refractivity contribution in [2.24, 2.45) is 0 Å². The molecule has 1 atom stereocenters. The maximum Gasteiger partial charge on any atom is 0.233 e. The third-order valence-corrected chi connectivity index (χ3v) is 6.42. The third kappa shape index (κ3) is 5.87. The monoisotopic (exact) mass is 458 g/mol. The van der Waals surface area contributed by atoms with E-state index in [2.05, 4.69) is 10.2 Å². The molecule has 1 aromatic heterocycles. The molecule has 0 N–H and O–H groups in total. The van der Waals surface area contributed by atoms with E-state index in [1.165, 1.54) is 11.8 Å². The van der Waals surface area contributed by atoms with Gasteiger partial charge in [0.25, 0.3) is 0 Å². The van der Waals surface area contributed by atoms with E-state index in [9.17, 15) is 4.79 Å². The molecule has 164 valence electrons. The van der Waals surface area contributed by atoms with E-state index in [4.69, 9.17) is 16.3 Å². The van der Waals surface area contributed by atoms with Crippen molar-refractivity contribution < 1.29 is 9.53 Å². The number of hydrogen-bond donors (Lipinski definition) is 0. The highest BCUT2D eigenvalue weighted by Gasteiger charge is 2.20. The van der Waals surface area contributed by atoms with Gasteiger partial charge >= 0.3 is 0 Å². The summed E-state index contributed by atoms with van der Waals surface area (Å²) in [5.41, 5.74) is 1.93. The first-order valence-corrected chi connectivity index (χ1v) is 11.5. The van der Waals surface area contributed by atoms with Crippen molar-refractivity contribution in [3.63, 3.8) is 0 Å². The number of aromatic nitrogens is 3. The second-order valence-electron chi connectivity index (χ2n) is 7.16. The summed E-state index contributed by atoms with van der Waals surface area (Å²) in [6.45, 7) is 3.33. The lowest BCUT2D eigenvalue weighted by atomic mass is 10.1. The predicted octanol–water partition coefficient (Wildman–Crippen LogP) is 4.95. The molecule has 0 aliphatic carbocycles. The van der Waals surface area contributed by atoms with Crippen LogP contribution in [-0.4, -0.2) is 52.1 Å². The Bertz CT molecular complexity index is 996. The Morgan fingerprint density at radius 3 is 2.58 bits per heavy atom. The number of hydrogen-bond acceptors (Lipinski definition) is 5. The first-order chi connectivity index (χ1) is 15.0. The molecule has 6 nitrogen and oxygen atoms in total. The molecule has 8 heteroatoms. The van der Waals surface area contributed by atoms with Gasteiger partial charge in [-0.3, -0.25) is 4.79 Å². The van der Waals surface area contributed by atoms with Crippen molar-refractivity contribution in [3.05, 3.63) is 65.2 Å². The summed E-state index contributed by atoms with van der Waals surface area (Å²) in [6.07, 6.45) is 0.804. The minimum Gasteiger partial charge on any atom is -0.385 e. The topological polar surface area (TPSA) is 60.2 Å². The molecule has 0 aliphatic heterocycles. The number of nitrogens with zero attached hydrogens (tertiary/aromatic N) is 4. The fourth-order valence-corrected chi connectivity index (χ4v) is 4.31. The van der Waals surface area contributed by atoms with Crippen LogP contribution in [0.3, 0.4) is 0 Å². The summed E-state index contributed by atoms with van der Waals surface area (Å²) >= 11 is 7.78. The molecule has 0 saturated carbocycles. The van der Waals surface area contributed by atoms with Gasteiger partial charge < -0.3 is 14.2 Å². The molecule has 0 fully saturated rings. The first kappa shape index (κ1) is 23.3. The Hall–Kier alpha value is -2.35. The van der Waals surface area contributed by atoms with Gasteiger partial charge in [0.1, 0.15) is 0 Å². The molecule has 0 bridgehead atoms. The van der Waals surface area contributed by atoms with E-state index in [1.807, 2.05) is 73.1 Å². The van der Waals surface area contributed by atoms with E-state index in [0.29, 0.717) is 29.2 Å². The summed E-state index contributed by atoms with van der Waals surface area (Å²) < 4.78 is 7.21. The van der Waals surface area contributed by atoms with Gasteiger partial charge in [-0.15, -0.1) is 10.2 Å². The summed E-state index contributed by atoms with van der Waals surface area (Å²) in [4.78, 5) is 14.6. The van der Waals surface area contributed by atoms with Crippen molar-refractivity contribution in [3.8, 4) is 11.4 Å². The van der Waals surface area contributed by atoms with Gasteiger partial charge in [0, 0.05) is 32.9 Å². The molecule has 0 radical (unpaired) electrons. The number of benzene rings is 2. The third-order valence-electron chi connectivity index (χ3n) is 5.14. The van der Waals surface area contributed by atoms with Crippen LogP contribution in [0.25, 0.3) is 11.4 Å². The Morgan fingerprint density at radius 1 is 1.16 bits per heavy atom. The number of methoxy groups -OCH3 is 1. The average Bonchev–Trinajstić information content (AvgIpc) is 3.20. The van der Waals surface area contributed by atoms with E-state index >= 15 is 0 Å². The Kier molecular flexibility index (Phi) is 8.51. The number of thioether (sulfide) groups is 1. The Labute approximate surface area is 192 Å². The van der Waals surface area contributed by atoms with Crippen LogP contribution in [0.15, 0.2) is 59.8 Å². The number of ether oxygens (including phenoxy) is 1. The van der Waals surface area contributed by atoms with Gasteiger partial charge in [-0.2, -0.15) is 0 Å². The summed E-state index contributed by atoms with van der Waals surface area (Å²) in [5.74, 6) is 1.01. The van der Waals surface area contributed by atoms with Crippen molar-refractivity contribution in [1.29, 1.82) is 0 Å². The number of carbonyl (C=O) groups excluding carboxylic acids is 1. The summed E-state index contributed by atoms with van der Waals surface area (Å²) in [7, 11) is 3.51. The highest BCUT2D eigenvalue weighted by Crippen LogP contribution is 2.30. The van der Waals surface area contributed by atoms with Crippen LogP contribution in [0.5, 0.6) is 0 Å². The van der Waals surface area contributed by atoms with Crippen molar-refractivity contribution in [2.75, 3.05) is 26.5 Å². The zero-order valence-corrected chi connectivity index (χ0v) is 19.6. The van der Waals surface area contributed by atoms with Crippen LogP contribution < -0.4 is 0 Å². The highest BCUT2D eigenvalue weighted by molar-refractivity contribution is 7.99. The van der Waals surface area contributed by atoms with Gasteiger partial charge in [0.2, 0.25) is 5.91 Å². The molecule has 3 aromatic rings. The molecule has 31 heavy (non-hydrogen) atoms. The molecule has 1 unspecified atom stereocenters. The van der Waals surface area contributed by atoms with Crippen LogP contribution in [-0.2, 0) is 16.1 Å². The SMILES string of the molecule is COCCCn1c(SCC(=O)N(C)C(C)c2ccccc2)nnc1-c1ccccc1Cl. The lowest BCUT2D eigenvalue weighted by Crippen LogP contribution is -2.31. The molecule has 0 aliphatic rings. The van der Waals surface area contributed by atoms with Crippen LogP contribution >= 0.6 is 23.4 Å². The van der Waals surface area contributed by atoms with E-state index in [0.717, 1.165) is 17.5 Å². The molecule has 2 aromatic carbocycles. The summed E-state index contributed by atoms with van der Waals surface area (Å²) in [6, 6.07) is 17.6. The molecule has 0 spiro atoms. The van der Waals surface area contributed by atoms with Crippen LogP contribution in [0.1, 0.15) is 24.9 Å². The largest absolute Gasteiger partial charge is 0.385 e. The Balaban J connectivity index is 1.74. The number of rotatable bonds is 10. The number of halogens is 1. The lowest BCUT2D eigenvalue weighted by molar-refractivity contribution is -0.128. The van der Waals surface area contributed by atoms with Crippen LogP contribution in [0.2, 0.25) is 5.02 Å². The van der Waals surface area contributed by atoms with Crippen molar-refractivity contribution in [1.82, 2.24) is 19.7 Å².